The molecule has 1 aromatic rings. The molecule has 1 aromatic carbocycles. The Kier molecular flexibility index (Phi) is 5.87. The average Bonchev–Trinajstić information content (AvgIpc) is 2.54. The molecular formula is C13H13N5O5S. The number of benzene rings is 1. The molecule has 0 saturated carbocycles. The van der Waals surface area contributed by atoms with Crippen LogP contribution in [0.15, 0.2) is 29.4 Å². The lowest BCUT2D eigenvalue weighted by molar-refractivity contribution is -0.121. The zero-order chi connectivity index (χ0) is 17.5. The lowest BCUT2D eigenvalue weighted by Gasteiger charge is -2.22. The standard InChI is InChI=1S/C13H13N5O5S/c19-9(6-24-11-10(20)15-13(23)18-17-11)16-14-5-7-1-3-8(4-2-7)12(21)22/h1-5,11,17H,6H2,(H,16,19)(H,21,22)(H2,15,18,20,23)/b14-5+. The second-order valence-corrected chi connectivity index (χ2v) is 5.59. The molecule has 2 rings (SSSR count). The maximum atomic E-state index is 11.6. The zero-order valence-electron chi connectivity index (χ0n) is 12.1. The van der Waals surface area contributed by atoms with E-state index in [1.165, 1.54) is 18.3 Å². The molecule has 0 radical (unpaired) electrons. The van der Waals surface area contributed by atoms with Gasteiger partial charge in [-0.3, -0.25) is 20.3 Å². The number of hydrazone groups is 1. The maximum absolute atomic E-state index is 11.6. The number of hydrogen-bond donors (Lipinski definition) is 5. The number of hydrogen-bond acceptors (Lipinski definition) is 7. The van der Waals surface area contributed by atoms with Gasteiger partial charge in [-0.15, -0.1) is 11.8 Å². The fourth-order valence-corrected chi connectivity index (χ4v) is 2.34. The van der Waals surface area contributed by atoms with Gasteiger partial charge in [-0.2, -0.15) is 5.10 Å². The molecule has 1 atom stereocenters. The molecule has 0 spiro atoms. The molecule has 1 aliphatic heterocycles. The highest BCUT2D eigenvalue weighted by atomic mass is 32.2. The highest BCUT2D eigenvalue weighted by Crippen LogP contribution is 2.09. The number of hydrazine groups is 1. The number of carboxylic acid groups (broad SMARTS) is 1. The van der Waals surface area contributed by atoms with E-state index in [1.807, 2.05) is 0 Å². The van der Waals surface area contributed by atoms with Crippen molar-refractivity contribution in [3.63, 3.8) is 0 Å². The molecule has 1 saturated heterocycles. The molecule has 0 aromatic heterocycles. The molecule has 1 aliphatic rings. The van der Waals surface area contributed by atoms with Crippen LogP contribution in [0.4, 0.5) is 4.79 Å². The zero-order valence-corrected chi connectivity index (χ0v) is 12.9. The SMILES string of the molecule is O=C(CSC1NNC(=O)NC1=O)N/N=C/c1ccc(C(=O)O)cc1. The number of amides is 4. The van der Waals surface area contributed by atoms with Gasteiger partial charge in [0, 0.05) is 0 Å². The van der Waals surface area contributed by atoms with Gasteiger partial charge in [0.15, 0.2) is 5.37 Å². The van der Waals surface area contributed by atoms with Crippen molar-refractivity contribution in [1.29, 1.82) is 0 Å². The van der Waals surface area contributed by atoms with E-state index < -0.39 is 29.2 Å². The van der Waals surface area contributed by atoms with Gasteiger partial charge in [0.05, 0.1) is 17.5 Å². The summed E-state index contributed by atoms with van der Waals surface area (Å²) in [5, 5.41) is 13.8. The Morgan fingerprint density at radius 1 is 1.29 bits per heavy atom. The van der Waals surface area contributed by atoms with Gasteiger partial charge in [0.1, 0.15) is 0 Å². The molecule has 1 heterocycles. The van der Waals surface area contributed by atoms with Crippen LogP contribution in [0.2, 0.25) is 0 Å². The third-order valence-electron chi connectivity index (χ3n) is 2.73. The van der Waals surface area contributed by atoms with E-state index >= 15 is 0 Å². The minimum atomic E-state index is -1.03. The molecule has 4 amide bonds. The molecule has 1 unspecified atom stereocenters. The summed E-state index contributed by atoms with van der Waals surface area (Å²) >= 11 is 0.978. The Bertz CT molecular complexity index is 690. The van der Waals surface area contributed by atoms with Crippen LogP contribution in [-0.4, -0.2) is 46.3 Å². The first kappa shape index (κ1) is 17.4. The van der Waals surface area contributed by atoms with Gasteiger partial charge in [0.25, 0.3) is 5.91 Å². The lowest BCUT2D eigenvalue weighted by atomic mass is 10.1. The predicted molar refractivity (Wildman–Crippen MR) is 85.2 cm³/mol. The molecule has 0 aliphatic carbocycles. The largest absolute Gasteiger partial charge is 0.478 e. The Labute approximate surface area is 140 Å². The number of urea groups is 1. The minimum Gasteiger partial charge on any atom is -0.478 e. The van der Waals surface area contributed by atoms with Crippen LogP contribution in [0.25, 0.3) is 0 Å². The Morgan fingerprint density at radius 3 is 2.62 bits per heavy atom. The van der Waals surface area contributed by atoms with Gasteiger partial charge in [-0.25, -0.2) is 20.4 Å². The molecule has 10 nitrogen and oxygen atoms in total. The first-order valence-electron chi connectivity index (χ1n) is 6.59. The van der Waals surface area contributed by atoms with E-state index in [9.17, 15) is 19.2 Å². The number of carbonyl (C=O) groups is 4. The average molecular weight is 351 g/mol. The van der Waals surface area contributed by atoms with E-state index in [4.69, 9.17) is 5.11 Å². The molecule has 11 heteroatoms. The van der Waals surface area contributed by atoms with E-state index in [0.29, 0.717) is 5.56 Å². The van der Waals surface area contributed by atoms with Crippen molar-refractivity contribution in [1.82, 2.24) is 21.6 Å². The van der Waals surface area contributed by atoms with Gasteiger partial charge >= 0.3 is 12.0 Å². The summed E-state index contributed by atoms with van der Waals surface area (Å²) in [4.78, 5) is 44.6. The fraction of sp³-hybridized carbons (Fsp3) is 0.154. The Hall–Kier alpha value is -2.92. The van der Waals surface area contributed by atoms with Gasteiger partial charge in [-0.1, -0.05) is 12.1 Å². The summed E-state index contributed by atoms with van der Waals surface area (Å²) in [6, 6.07) is 5.28. The maximum Gasteiger partial charge on any atom is 0.335 e. The fourth-order valence-electron chi connectivity index (χ4n) is 1.60. The van der Waals surface area contributed by atoms with Crippen LogP contribution in [-0.2, 0) is 9.59 Å². The van der Waals surface area contributed by atoms with Crippen molar-refractivity contribution in [2.45, 2.75) is 5.37 Å². The second-order valence-electron chi connectivity index (χ2n) is 4.50. The van der Waals surface area contributed by atoms with Crippen LogP contribution in [0.5, 0.6) is 0 Å². The smallest absolute Gasteiger partial charge is 0.335 e. The Morgan fingerprint density at radius 2 is 2.00 bits per heavy atom. The van der Waals surface area contributed by atoms with Gasteiger partial charge in [0.2, 0.25) is 5.91 Å². The number of rotatable bonds is 6. The number of nitrogens with zero attached hydrogens (tertiary/aromatic N) is 1. The number of nitrogens with one attached hydrogen (secondary N) is 4. The van der Waals surface area contributed by atoms with Gasteiger partial charge < -0.3 is 5.11 Å². The van der Waals surface area contributed by atoms with Crippen LogP contribution in [0.1, 0.15) is 15.9 Å². The van der Waals surface area contributed by atoms with Gasteiger partial charge in [-0.05, 0) is 17.7 Å². The van der Waals surface area contributed by atoms with Crippen molar-refractivity contribution >= 4 is 41.8 Å². The first-order valence-corrected chi connectivity index (χ1v) is 7.64. The minimum absolute atomic E-state index is 0.0593. The van der Waals surface area contributed by atoms with Crippen molar-refractivity contribution in [2.24, 2.45) is 5.10 Å². The summed E-state index contributed by atoms with van der Waals surface area (Å²) in [6.07, 6.45) is 1.36. The Balaban J connectivity index is 1.75. The molecule has 0 bridgehead atoms. The lowest BCUT2D eigenvalue weighted by Crippen LogP contribution is -2.61. The van der Waals surface area contributed by atoms with Crippen LogP contribution in [0.3, 0.4) is 0 Å². The topological polar surface area (TPSA) is 149 Å². The monoisotopic (exact) mass is 351 g/mol. The summed E-state index contributed by atoms with van der Waals surface area (Å²) in [5.74, 6) is -2.07. The van der Waals surface area contributed by atoms with Crippen LogP contribution >= 0.6 is 11.8 Å². The summed E-state index contributed by atoms with van der Waals surface area (Å²) in [7, 11) is 0. The summed E-state index contributed by atoms with van der Waals surface area (Å²) in [6.45, 7) is 0. The van der Waals surface area contributed by atoms with E-state index in [2.05, 4.69) is 26.7 Å². The molecule has 5 N–H and O–H groups in total. The normalized spacial score (nSPS) is 17.2. The third kappa shape index (κ3) is 5.07. The van der Waals surface area contributed by atoms with Crippen molar-refractivity contribution in [2.75, 3.05) is 5.75 Å². The third-order valence-corrected chi connectivity index (χ3v) is 3.83. The quantitative estimate of drug-likeness (QED) is 0.334. The second kappa shape index (κ2) is 8.08. The summed E-state index contributed by atoms with van der Waals surface area (Å²) < 4.78 is 0. The molecule has 24 heavy (non-hydrogen) atoms. The number of carbonyl (C=O) groups excluding carboxylic acids is 3. The number of thioether (sulfide) groups is 1. The predicted octanol–water partition coefficient (Wildman–Crippen LogP) is -0.762. The molecular weight excluding hydrogens is 338 g/mol. The first-order chi connectivity index (χ1) is 11.5. The van der Waals surface area contributed by atoms with Crippen molar-refractivity contribution in [3.8, 4) is 0 Å². The highest BCUT2D eigenvalue weighted by molar-refractivity contribution is 8.01. The van der Waals surface area contributed by atoms with E-state index in [-0.39, 0.29) is 11.3 Å². The number of aromatic carboxylic acids is 1. The van der Waals surface area contributed by atoms with E-state index in [0.717, 1.165) is 11.8 Å². The van der Waals surface area contributed by atoms with Crippen LogP contribution in [0, 0.1) is 0 Å². The number of imide groups is 1. The van der Waals surface area contributed by atoms with E-state index in [1.54, 1.807) is 12.1 Å². The number of carboxylic acids is 1. The van der Waals surface area contributed by atoms with Crippen molar-refractivity contribution < 1.29 is 24.3 Å². The van der Waals surface area contributed by atoms with Crippen molar-refractivity contribution in [3.05, 3.63) is 35.4 Å². The highest BCUT2D eigenvalue weighted by Gasteiger charge is 2.26. The molecule has 126 valence electrons. The molecule has 1 fully saturated rings. The van der Waals surface area contributed by atoms with Crippen LogP contribution < -0.4 is 21.6 Å². The summed E-state index contributed by atoms with van der Waals surface area (Å²) in [5.41, 5.74) is 7.72.